The Balaban J connectivity index is 2.11. The number of rotatable bonds is 3. The highest BCUT2D eigenvalue weighted by Gasteiger charge is 2.35. The van der Waals surface area contributed by atoms with E-state index in [1.165, 1.54) is 5.56 Å². The maximum Gasteiger partial charge on any atom is 0.322 e. The van der Waals surface area contributed by atoms with E-state index in [0.29, 0.717) is 0 Å². The minimum atomic E-state index is -0.972. The molecule has 3 rings (SSSR count). The summed E-state index contributed by atoms with van der Waals surface area (Å²) in [4.78, 5) is 13.7. The molecule has 1 heterocycles. The van der Waals surface area contributed by atoms with Crippen molar-refractivity contribution >= 4 is 11.7 Å². The standard InChI is InChI=1S/C18H20N2O2/c1-12-6-2-5-9-15(12)20-11-10-13-7-3-4-8-14(13)17(20)16(19)18(21)22/h2-9,16-17H,10-11,19H2,1H3,(H,21,22). The van der Waals surface area contributed by atoms with Gasteiger partial charge in [-0.3, -0.25) is 4.79 Å². The maximum absolute atomic E-state index is 11.5. The van der Waals surface area contributed by atoms with Crippen LogP contribution >= 0.6 is 0 Å². The zero-order chi connectivity index (χ0) is 15.7. The van der Waals surface area contributed by atoms with Gasteiger partial charge in [0.05, 0.1) is 6.04 Å². The molecule has 2 unspecified atom stereocenters. The Morgan fingerprint density at radius 3 is 2.64 bits per heavy atom. The first-order chi connectivity index (χ1) is 10.6. The van der Waals surface area contributed by atoms with E-state index in [9.17, 15) is 9.90 Å². The SMILES string of the molecule is Cc1ccccc1N1CCc2ccccc2C1C(N)C(=O)O. The number of carboxylic acids is 1. The quantitative estimate of drug-likeness (QED) is 0.913. The third-order valence-electron chi connectivity index (χ3n) is 4.38. The van der Waals surface area contributed by atoms with Gasteiger partial charge in [0.25, 0.3) is 0 Å². The Kier molecular flexibility index (Phi) is 3.86. The molecule has 22 heavy (non-hydrogen) atoms. The van der Waals surface area contributed by atoms with Gasteiger partial charge in [-0.15, -0.1) is 0 Å². The lowest BCUT2D eigenvalue weighted by molar-refractivity contribution is -0.139. The second kappa shape index (κ2) is 5.81. The fourth-order valence-electron chi connectivity index (χ4n) is 3.28. The van der Waals surface area contributed by atoms with Crippen molar-refractivity contribution in [3.8, 4) is 0 Å². The van der Waals surface area contributed by atoms with E-state index in [0.717, 1.165) is 29.8 Å². The summed E-state index contributed by atoms with van der Waals surface area (Å²) in [5.74, 6) is -0.972. The molecular formula is C18H20N2O2. The van der Waals surface area contributed by atoms with E-state index in [4.69, 9.17) is 5.73 Å². The average molecular weight is 296 g/mol. The molecule has 0 aliphatic carbocycles. The van der Waals surface area contributed by atoms with Crippen LogP contribution in [0.2, 0.25) is 0 Å². The molecule has 0 radical (unpaired) electrons. The minimum Gasteiger partial charge on any atom is -0.480 e. The largest absolute Gasteiger partial charge is 0.480 e. The fraction of sp³-hybridized carbons (Fsp3) is 0.278. The summed E-state index contributed by atoms with van der Waals surface area (Å²) in [6.07, 6.45) is 0.896. The lowest BCUT2D eigenvalue weighted by Crippen LogP contribution is -2.49. The number of carbonyl (C=O) groups is 1. The molecule has 1 aliphatic rings. The van der Waals surface area contributed by atoms with E-state index in [1.807, 2.05) is 49.4 Å². The molecular weight excluding hydrogens is 276 g/mol. The molecule has 2 aromatic carbocycles. The van der Waals surface area contributed by atoms with Crippen molar-refractivity contribution in [1.82, 2.24) is 0 Å². The van der Waals surface area contributed by atoms with Gasteiger partial charge in [-0.05, 0) is 36.1 Å². The Bertz CT molecular complexity index is 699. The van der Waals surface area contributed by atoms with Crippen molar-refractivity contribution in [2.45, 2.75) is 25.4 Å². The van der Waals surface area contributed by atoms with E-state index in [-0.39, 0.29) is 6.04 Å². The van der Waals surface area contributed by atoms with Crippen molar-refractivity contribution < 1.29 is 9.90 Å². The zero-order valence-electron chi connectivity index (χ0n) is 12.6. The zero-order valence-corrected chi connectivity index (χ0v) is 12.6. The summed E-state index contributed by atoms with van der Waals surface area (Å²) >= 11 is 0. The Labute approximate surface area is 130 Å². The molecule has 114 valence electrons. The highest BCUT2D eigenvalue weighted by Crippen LogP contribution is 2.36. The second-order valence-electron chi connectivity index (χ2n) is 5.74. The number of nitrogens with two attached hydrogens (primary N) is 1. The van der Waals surface area contributed by atoms with Crippen molar-refractivity contribution in [1.29, 1.82) is 0 Å². The summed E-state index contributed by atoms with van der Waals surface area (Å²) in [6, 6.07) is 14.7. The first-order valence-corrected chi connectivity index (χ1v) is 7.48. The summed E-state index contributed by atoms with van der Waals surface area (Å²) < 4.78 is 0. The number of anilines is 1. The second-order valence-corrected chi connectivity index (χ2v) is 5.74. The summed E-state index contributed by atoms with van der Waals surface area (Å²) in [7, 11) is 0. The minimum absolute atomic E-state index is 0.344. The Hall–Kier alpha value is -2.33. The molecule has 2 aromatic rings. The number of carboxylic acid groups (broad SMARTS) is 1. The van der Waals surface area contributed by atoms with Gasteiger partial charge in [0, 0.05) is 12.2 Å². The monoisotopic (exact) mass is 296 g/mol. The van der Waals surface area contributed by atoms with Gasteiger partial charge in [-0.1, -0.05) is 42.5 Å². The third-order valence-corrected chi connectivity index (χ3v) is 4.38. The fourth-order valence-corrected chi connectivity index (χ4v) is 3.28. The Morgan fingerprint density at radius 1 is 1.23 bits per heavy atom. The van der Waals surface area contributed by atoms with Crippen LogP contribution in [0.4, 0.5) is 5.69 Å². The van der Waals surface area contributed by atoms with Gasteiger partial charge < -0.3 is 15.7 Å². The highest BCUT2D eigenvalue weighted by atomic mass is 16.4. The summed E-state index contributed by atoms with van der Waals surface area (Å²) in [5, 5.41) is 9.44. The maximum atomic E-state index is 11.5. The first-order valence-electron chi connectivity index (χ1n) is 7.48. The summed E-state index contributed by atoms with van der Waals surface area (Å²) in [5.41, 5.74) is 10.4. The van der Waals surface area contributed by atoms with Crippen LogP contribution in [0, 0.1) is 6.92 Å². The molecule has 0 aromatic heterocycles. The van der Waals surface area contributed by atoms with E-state index >= 15 is 0 Å². The molecule has 0 spiro atoms. The van der Waals surface area contributed by atoms with Crippen LogP contribution in [0.25, 0.3) is 0 Å². The molecule has 0 amide bonds. The molecule has 2 atom stereocenters. The molecule has 0 fully saturated rings. The topological polar surface area (TPSA) is 66.6 Å². The van der Waals surface area contributed by atoms with E-state index in [2.05, 4.69) is 11.0 Å². The van der Waals surface area contributed by atoms with Gasteiger partial charge in [0.2, 0.25) is 0 Å². The lowest BCUT2D eigenvalue weighted by atomic mass is 9.87. The van der Waals surface area contributed by atoms with Crippen LogP contribution in [0.5, 0.6) is 0 Å². The van der Waals surface area contributed by atoms with E-state index < -0.39 is 12.0 Å². The Morgan fingerprint density at radius 2 is 1.91 bits per heavy atom. The van der Waals surface area contributed by atoms with Crippen LogP contribution in [0.1, 0.15) is 22.7 Å². The van der Waals surface area contributed by atoms with Crippen LogP contribution in [-0.2, 0) is 11.2 Å². The number of hydrogen-bond acceptors (Lipinski definition) is 3. The summed E-state index contributed by atoms with van der Waals surface area (Å²) in [6.45, 7) is 2.81. The van der Waals surface area contributed by atoms with Crippen molar-refractivity contribution in [2.75, 3.05) is 11.4 Å². The first kappa shape index (κ1) is 14.6. The van der Waals surface area contributed by atoms with Crippen molar-refractivity contribution in [3.63, 3.8) is 0 Å². The molecule has 1 aliphatic heterocycles. The van der Waals surface area contributed by atoms with Crippen LogP contribution in [0.3, 0.4) is 0 Å². The van der Waals surface area contributed by atoms with Gasteiger partial charge in [0.15, 0.2) is 0 Å². The number of fused-ring (bicyclic) bond motifs is 1. The van der Waals surface area contributed by atoms with Crippen molar-refractivity contribution in [2.24, 2.45) is 5.73 Å². The number of para-hydroxylation sites is 1. The van der Waals surface area contributed by atoms with Crippen LogP contribution in [-0.4, -0.2) is 23.7 Å². The lowest BCUT2D eigenvalue weighted by Gasteiger charge is -2.41. The van der Waals surface area contributed by atoms with Gasteiger partial charge in [-0.25, -0.2) is 0 Å². The molecule has 4 heteroatoms. The number of aliphatic carboxylic acids is 1. The van der Waals surface area contributed by atoms with Gasteiger partial charge in [0.1, 0.15) is 6.04 Å². The molecule has 3 N–H and O–H groups in total. The molecule has 4 nitrogen and oxygen atoms in total. The average Bonchev–Trinajstić information content (AvgIpc) is 2.53. The van der Waals surface area contributed by atoms with Gasteiger partial charge >= 0.3 is 5.97 Å². The van der Waals surface area contributed by atoms with Crippen LogP contribution < -0.4 is 10.6 Å². The highest BCUT2D eigenvalue weighted by molar-refractivity contribution is 5.76. The van der Waals surface area contributed by atoms with Gasteiger partial charge in [-0.2, -0.15) is 0 Å². The number of hydrogen-bond donors (Lipinski definition) is 2. The molecule has 0 bridgehead atoms. The number of aryl methyl sites for hydroxylation is 1. The predicted octanol–water partition coefficient (Wildman–Crippen LogP) is 2.51. The normalized spacial score (nSPS) is 18.6. The molecule has 0 saturated heterocycles. The number of benzene rings is 2. The predicted molar refractivity (Wildman–Crippen MR) is 87.0 cm³/mol. The smallest absolute Gasteiger partial charge is 0.322 e. The van der Waals surface area contributed by atoms with Crippen molar-refractivity contribution in [3.05, 3.63) is 65.2 Å². The van der Waals surface area contributed by atoms with E-state index in [1.54, 1.807) is 0 Å². The molecule has 0 saturated carbocycles. The number of nitrogens with zero attached hydrogens (tertiary/aromatic N) is 1. The van der Waals surface area contributed by atoms with Crippen LogP contribution in [0.15, 0.2) is 48.5 Å². The third kappa shape index (κ3) is 2.46.